The van der Waals surface area contributed by atoms with Crippen molar-refractivity contribution < 1.29 is 22.9 Å². The van der Waals surface area contributed by atoms with Crippen molar-refractivity contribution >= 4 is 38.9 Å². The molecule has 9 nitrogen and oxygen atoms in total. The van der Waals surface area contributed by atoms with Gasteiger partial charge >= 0.3 is 0 Å². The lowest BCUT2D eigenvalue weighted by atomic mass is 10.2. The fraction of sp³-hybridized carbons (Fsp3) is 0.381. The highest BCUT2D eigenvalue weighted by Crippen LogP contribution is 2.31. The number of rotatable bonds is 12. The number of ether oxygens (including phenoxy) is 1. The second kappa shape index (κ2) is 11.7. The van der Waals surface area contributed by atoms with Gasteiger partial charge in [0.2, 0.25) is 15.9 Å². The molecule has 0 saturated carbocycles. The second-order valence-electron chi connectivity index (χ2n) is 7.03. The van der Waals surface area contributed by atoms with Gasteiger partial charge in [-0.15, -0.1) is 0 Å². The van der Waals surface area contributed by atoms with E-state index in [1.54, 1.807) is 0 Å². The molecular weight excluding hydrogens is 458 g/mol. The van der Waals surface area contributed by atoms with Crippen molar-refractivity contribution in [3.63, 3.8) is 0 Å². The molecule has 0 aliphatic rings. The Balaban J connectivity index is 1.84. The molecule has 1 amide bonds. The molecule has 1 N–H and O–H groups in total. The van der Waals surface area contributed by atoms with Crippen LogP contribution in [-0.4, -0.2) is 45.2 Å². The van der Waals surface area contributed by atoms with E-state index in [-0.39, 0.29) is 41.7 Å². The van der Waals surface area contributed by atoms with E-state index >= 15 is 0 Å². The molecule has 0 aromatic heterocycles. The minimum atomic E-state index is -3.76. The summed E-state index contributed by atoms with van der Waals surface area (Å²) in [7, 11) is -3.76. The van der Waals surface area contributed by atoms with Crippen molar-refractivity contribution in [1.82, 2.24) is 5.32 Å². The molecule has 0 radical (unpaired) electrons. The Morgan fingerprint density at radius 1 is 1.22 bits per heavy atom. The predicted octanol–water partition coefficient (Wildman–Crippen LogP) is 3.55. The molecule has 174 valence electrons. The SMILES string of the molecule is CCc1ccc(OCCNC(=O)CCCN(c2cc([N+](=O)[O-])ccc2Cl)S(C)(=O)=O)cc1. The molecule has 11 heteroatoms. The van der Waals surface area contributed by atoms with Crippen molar-refractivity contribution in [2.45, 2.75) is 26.2 Å². The van der Waals surface area contributed by atoms with E-state index in [1.165, 1.54) is 17.7 Å². The largest absolute Gasteiger partial charge is 0.492 e. The number of nitrogens with zero attached hydrogens (tertiary/aromatic N) is 2. The average molecular weight is 484 g/mol. The zero-order chi connectivity index (χ0) is 23.7. The number of aryl methyl sites for hydroxylation is 1. The Kier molecular flexibility index (Phi) is 9.27. The number of benzene rings is 2. The Bertz CT molecular complexity index is 1040. The summed E-state index contributed by atoms with van der Waals surface area (Å²) in [5, 5.41) is 13.8. The molecule has 32 heavy (non-hydrogen) atoms. The quantitative estimate of drug-likeness (QED) is 0.280. The number of hydrogen-bond acceptors (Lipinski definition) is 6. The molecule has 0 spiro atoms. The lowest BCUT2D eigenvalue weighted by Gasteiger charge is -2.23. The van der Waals surface area contributed by atoms with E-state index < -0.39 is 14.9 Å². The summed E-state index contributed by atoms with van der Waals surface area (Å²) < 4.78 is 31.0. The molecular formula is C21H26ClN3O6S. The molecule has 0 bridgehead atoms. The van der Waals surface area contributed by atoms with E-state index in [4.69, 9.17) is 16.3 Å². The number of nitrogens with one attached hydrogen (secondary N) is 1. The first-order valence-electron chi connectivity index (χ1n) is 10.0. The fourth-order valence-corrected chi connectivity index (χ4v) is 4.16. The van der Waals surface area contributed by atoms with Gasteiger partial charge in [-0.1, -0.05) is 30.7 Å². The van der Waals surface area contributed by atoms with Gasteiger partial charge in [-0.25, -0.2) is 8.42 Å². The van der Waals surface area contributed by atoms with Crippen molar-refractivity contribution in [2.24, 2.45) is 0 Å². The van der Waals surface area contributed by atoms with Gasteiger partial charge in [0.25, 0.3) is 5.69 Å². The molecule has 0 fully saturated rings. The highest BCUT2D eigenvalue weighted by molar-refractivity contribution is 7.92. The lowest BCUT2D eigenvalue weighted by molar-refractivity contribution is -0.384. The van der Waals surface area contributed by atoms with Crippen LogP contribution in [0.1, 0.15) is 25.3 Å². The summed E-state index contributed by atoms with van der Waals surface area (Å²) in [6.45, 7) is 2.63. The van der Waals surface area contributed by atoms with E-state index in [2.05, 4.69) is 12.2 Å². The number of carbonyl (C=O) groups is 1. The molecule has 2 rings (SSSR count). The highest BCUT2D eigenvalue weighted by atomic mass is 35.5. The number of nitro benzene ring substituents is 1. The van der Waals surface area contributed by atoms with Crippen molar-refractivity contribution in [3.8, 4) is 5.75 Å². The Labute approximate surface area is 192 Å². The van der Waals surface area contributed by atoms with Crippen molar-refractivity contribution in [3.05, 3.63) is 63.2 Å². The van der Waals surface area contributed by atoms with Crippen LogP contribution >= 0.6 is 11.6 Å². The number of anilines is 1. The lowest BCUT2D eigenvalue weighted by Crippen LogP contribution is -2.33. The smallest absolute Gasteiger partial charge is 0.271 e. The van der Waals surface area contributed by atoms with Crippen LogP contribution in [0, 0.1) is 10.1 Å². The van der Waals surface area contributed by atoms with E-state index in [1.807, 2.05) is 24.3 Å². The van der Waals surface area contributed by atoms with Gasteiger partial charge in [0, 0.05) is 25.1 Å². The molecule has 0 aliphatic carbocycles. The third-order valence-corrected chi connectivity index (χ3v) is 6.10. The monoisotopic (exact) mass is 483 g/mol. The van der Waals surface area contributed by atoms with Gasteiger partial charge in [-0.3, -0.25) is 19.2 Å². The van der Waals surface area contributed by atoms with Crippen LogP contribution in [0.15, 0.2) is 42.5 Å². The van der Waals surface area contributed by atoms with Gasteiger partial charge in [0.15, 0.2) is 0 Å². The van der Waals surface area contributed by atoms with E-state index in [0.717, 1.165) is 23.0 Å². The Morgan fingerprint density at radius 2 is 1.91 bits per heavy atom. The predicted molar refractivity (Wildman–Crippen MR) is 124 cm³/mol. The number of non-ortho nitro benzene ring substituents is 1. The zero-order valence-corrected chi connectivity index (χ0v) is 19.5. The van der Waals surface area contributed by atoms with Crippen LogP contribution in [0.2, 0.25) is 5.02 Å². The molecule has 2 aromatic carbocycles. The van der Waals surface area contributed by atoms with Crippen LogP contribution in [0.4, 0.5) is 11.4 Å². The number of halogens is 1. The first-order valence-corrected chi connectivity index (χ1v) is 12.2. The zero-order valence-electron chi connectivity index (χ0n) is 17.9. The summed E-state index contributed by atoms with van der Waals surface area (Å²) in [5.74, 6) is 0.461. The highest BCUT2D eigenvalue weighted by Gasteiger charge is 2.22. The van der Waals surface area contributed by atoms with Crippen LogP contribution in [0.3, 0.4) is 0 Å². The number of carbonyl (C=O) groups excluding carboxylic acids is 1. The summed E-state index contributed by atoms with van der Waals surface area (Å²) in [5.41, 5.74) is 0.937. The minimum absolute atomic E-state index is 0.00580. The topological polar surface area (TPSA) is 119 Å². The van der Waals surface area contributed by atoms with Crippen LogP contribution in [0.5, 0.6) is 5.75 Å². The minimum Gasteiger partial charge on any atom is -0.492 e. The second-order valence-corrected chi connectivity index (χ2v) is 9.34. The maximum atomic E-state index is 12.2. The van der Waals surface area contributed by atoms with Crippen LogP contribution in [-0.2, 0) is 21.2 Å². The summed E-state index contributed by atoms with van der Waals surface area (Å²) in [6.07, 6.45) is 2.20. The maximum Gasteiger partial charge on any atom is 0.271 e. The molecule has 0 aliphatic heterocycles. The number of amides is 1. The maximum absolute atomic E-state index is 12.2. The molecule has 2 aromatic rings. The summed E-state index contributed by atoms with van der Waals surface area (Å²) in [6, 6.07) is 11.3. The van der Waals surface area contributed by atoms with E-state index in [9.17, 15) is 23.3 Å². The van der Waals surface area contributed by atoms with Crippen molar-refractivity contribution in [1.29, 1.82) is 0 Å². The number of sulfonamides is 1. The van der Waals surface area contributed by atoms with Crippen molar-refractivity contribution in [2.75, 3.05) is 30.3 Å². The molecule has 0 unspecified atom stereocenters. The average Bonchev–Trinajstić information content (AvgIpc) is 2.74. The number of hydrogen-bond donors (Lipinski definition) is 1. The third-order valence-electron chi connectivity index (χ3n) is 4.60. The third kappa shape index (κ3) is 7.69. The summed E-state index contributed by atoms with van der Waals surface area (Å²) in [4.78, 5) is 22.5. The van der Waals surface area contributed by atoms with Gasteiger partial charge in [0.1, 0.15) is 12.4 Å². The molecule has 0 heterocycles. The van der Waals surface area contributed by atoms with Gasteiger partial charge in [-0.2, -0.15) is 0 Å². The Morgan fingerprint density at radius 3 is 2.50 bits per heavy atom. The Hall–Kier alpha value is -2.85. The number of nitro groups is 1. The van der Waals surface area contributed by atoms with E-state index in [0.29, 0.717) is 18.9 Å². The first-order chi connectivity index (χ1) is 15.1. The normalized spacial score (nSPS) is 11.1. The van der Waals surface area contributed by atoms with Gasteiger partial charge < -0.3 is 10.1 Å². The molecule has 0 saturated heterocycles. The van der Waals surface area contributed by atoms with Gasteiger partial charge in [0.05, 0.1) is 28.4 Å². The van der Waals surface area contributed by atoms with Crippen LogP contribution in [0.25, 0.3) is 0 Å². The fourth-order valence-electron chi connectivity index (χ4n) is 2.92. The summed E-state index contributed by atoms with van der Waals surface area (Å²) >= 11 is 6.07. The standard InChI is InChI=1S/C21H26ClN3O6S/c1-3-16-6-9-18(10-7-16)31-14-12-23-21(26)5-4-13-24(32(2,29)30)20-15-17(25(27)28)8-11-19(20)22/h6-11,15H,3-5,12-14H2,1-2H3,(H,23,26). The van der Waals surface area contributed by atoms with Gasteiger partial charge in [-0.05, 0) is 36.6 Å². The first kappa shape index (κ1) is 25.4. The molecule has 0 atom stereocenters. The van der Waals surface area contributed by atoms with Crippen LogP contribution < -0.4 is 14.4 Å².